The van der Waals surface area contributed by atoms with Crippen LogP contribution in [0, 0.1) is 0 Å². The Morgan fingerprint density at radius 2 is 1.52 bits per heavy atom. The molecule has 0 aliphatic carbocycles. The van der Waals surface area contributed by atoms with Crippen LogP contribution in [0.4, 0.5) is 17.1 Å². The van der Waals surface area contributed by atoms with Gasteiger partial charge in [-0.1, -0.05) is 12.1 Å². The second-order valence-corrected chi connectivity index (χ2v) is 8.97. The van der Waals surface area contributed by atoms with E-state index in [9.17, 15) is 40.9 Å². The van der Waals surface area contributed by atoms with Crippen molar-refractivity contribution in [2.45, 2.75) is 9.79 Å². The van der Waals surface area contributed by atoms with Crippen LogP contribution in [-0.4, -0.2) is 101 Å². The number of carboxylic acid groups (broad SMARTS) is 1. The maximum absolute atomic E-state index is 11.9. The molecule has 0 saturated carbocycles. The minimum absolute atomic E-state index is 0. The van der Waals surface area contributed by atoms with E-state index in [4.69, 9.17) is 5.73 Å². The van der Waals surface area contributed by atoms with Gasteiger partial charge in [0.25, 0.3) is 20.2 Å². The quantitative estimate of drug-likeness (QED) is 0.142. The van der Waals surface area contributed by atoms with Gasteiger partial charge in [-0.3, -0.25) is 9.11 Å². The molecule has 33 heavy (non-hydrogen) atoms. The number of fused-ring (bicyclic) bond motifs is 1. The second-order valence-electron chi connectivity index (χ2n) is 6.15. The van der Waals surface area contributed by atoms with Crippen molar-refractivity contribution in [3.63, 3.8) is 0 Å². The predicted molar refractivity (Wildman–Crippen MR) is 122 cm³/mol. The molecule has 166 valence electrons. The number of phenolic OH excluding ortho intramolecular Hbond substituents is 1. The Labute approximate surface area is 231 Å². The Balaban J connectivity index is 0.00000272. The van der Waals surface area contributed by atoms with Gasteiger partial charge < -0.3 is 15.9 Å². The first kappa shape index (κ1) is 29.4. The number of phenols is 1. The predicted octanol–water partition coefficient (Wildman–Crippen LogP) is 1.44. The van der Waals surface area contributed by atoms with Crippen LogP contribution < -0.4 is 5.73 Å². The molecule has 0 heterocycles. The van der Waals surface area contributed by atoms with Crippen LogP contribution in [0.25, 0.3) is 10.8 Å². The monoisotopic (exact) mass is 515 g/mol. The van der Waals surface area contributed by atoms with Crippen molar-refractivity contribution < 1.29 is 40.9 Å². The summed E-state index contributed by atoms with van der Waals surface area (Å²) in [4.78, 5) is 9.65. The average Bonchev–Trinajstić information content (AvgIpc) is 2.65. The average molecular weight is 515 g/mol. The molecule has 0 spiro atoms. The minimum atomic E-state index is -5.02. The first-order valence-electron chi connectivity index (χ1n) is 8.09. The number of azo groups is 1. The van der Waals surface area contributed by atoms with E-state index >= 15 is 0 Å². The third-order valence-electron chi connectivity index (χ3n) is 4.12. The molecule has 0 aliphatic heterocycles. The van der Waals surface area contributed by atoms with Crippen molar-refractivity contribution >= 4 is 113 Å². The summed E-state index contributed by atoms with van der Waals surface area (Å²) in [7, 11) is -9.74. The molecule has 6 N–H and O–H groups in total. The Morgan fingerprint density at radius 1 is 0.909 bits per heavy atom. The number of benzene rings is 3. The number of nitrogen functional groups attached to an aromatic ring is 1. The molecule has 12 nitrogen and oxygen atoms in total. The molecule has 0 unspecified atom stereocenters. The fourth-order valence-electron chi connectivity index (χ4n) is 2.78. The molecular weight excluding hydrogens is 500 g/mol. The molecule has 0 bridgehead atoms. The van der Waals surface area contributed by atoms with E-state index in [1.165, 1.54) is 24.3 Å². The van der Waals surface area contributed by atoms with Crippen LogP contribution in [0.3, 0.4) is 0 Å². The Bertz CT molecular complexity index is 1490. The molecule has 3 aromatic carbocycles. The molecule has 0 amide bonds. The van der Waals surface area contributed by atoms with Crippen LogP contribution in [0.2, 0.25) is 0 Å². The van der Waals surface area contributed by atoms with E-state index in [0.717, 1.165) is 18.2 Å². The summed E-state index contributed by atoms with van der Waals surface area (Å²) in [6.45, 7) is 0. The summed E-state index contributed by atoms with van der Waals surface area (Å²) in [5.41, 5.74) is 4.20. The summed E-state index contributed by atoms with van der Waals surface area (Å²) in [6.07, 6.45) is 0. The van der Waals surface area contributed by atoms with Gasteiger partial charge in [-0.2, -0.15) is 16.8 Å². The van der Waals surface area contributed by atoms with E-state index in [1.807, 2.05) is 0 Å². The Kier molecular flexibility index (Phi) is 9.61. The van der Waals surface area contributed by atoms with Crippen molar-refractivity contribution in [3.8, 4) is 5.75 Å². The number of aromatic carboxylic acids is 1. The van der Waals surface area contributed by atoms with Gasteiger partial charge in [-0.15, -0.1) is 10.2 Å². The van der Waals surface area contributed by atoms with Gasteiger partial charge >= 0.3 is 65.1 Å². The van der Waals surface area contributed by atoms with Crippen LogP contribution in [0.5, 0.6) is 5.75 Å². The normalized spacial score (nSPS) is 11.7. The summed E-state index contributed by atoms with van der Waals surface area (Å²) in [5, 5.41) is 26.6. The zero-order valence-electron chi connectivity index (χ0n) is 15.2. The first-order valence-corrected chi connectivity index (χ1v) is 11.0. The van der Waals surface area contributed by atoms with Crippen molar-refractivity contribution in [1.82, 2.24) is 0 Å². The van der Waals surface area contributed by atoms with Gasteiger partial charge in [0, 0.05) is 11.1 Å². The van der Waals surface area contributed by atoms with E-state index < -0.39 is 47.4 Å². The first-order chi connectivity index (χ1) is 14.3. The zero-order chi connectivity index (χ0) is 23.1. The van der Waals surface area contributed by atoms with Crippen molar-refractivity contribution in [1.29, 1.82) is 0 Å². The SMILES string of the molecule is Nc1cc(S(=O)(=O)O)cc2cc(S(=O)(=O)O)c(/N=N/c3ccccc3C(=O)O)c(O)c12.[NaH].[NaH]. The number of hydrogen-bond acceptors (Lipinski definition) is 9. The number of anilines is 1. The Hall–Kier alpha value is -1.59. The number of hydrogen-bond donors (Lipinski definition) is 5. The molecule has 3 aromatic rings. The van der Waals surface area contributed by atoms with Crippen LogP contribution >= 0.6 is 0 Å². The van der Waals surface area contributed by atoms with Gasteiger partial charge in [0.1, 0.15) is 16.3 Å². The molecule has 0 fully saturated rings. The van der Waals surface area contributed by atoms with Crippen molar-refractivity contribution in [2.24, 2.45) is 10.2 Å². The number of nitrogens with zero attached hydrogens (tertiary/aromatic N) is 2. The van der Waals surface area contributed by atoms with E-state index in [1.54, 1.807) is 0 Å². The van der Waals surface area contributed by atoms with Gasteiger partial charge in [-0.05, 0) is 35.7 Å². The summed E-state index contributed by atoms with van der Waals surface area (Å²) >= 11 is 0. The number of aromatic hydroxyl groups is 1. The molecule has 0 saturated heterocycles. The second kappa shape index (κ2) is 10.8. The molecule has 0 atom stereocenters. The molecule has 0 aromatic heterocycles. The number of carbonyl (C=O) groups is 1. The number of nitrogens with two attached hydrogens (primary N) is 1. The molecule has 16 heteroatoms. The standard InChI is InChI=1S/C17H13N3O9S2.2Na.2H/c18-11-7-9(30(24,25)26)5-8-6-13(31(27,28)29)15(16(21)14(8)11)20-19-12-4-2-1-3-10(12)17(22)23;;;;/h1-7,21H,18H2,(H,22,23)(H,24,25,26)(H,27,28,29);;;;/b20-19+;;;;. The summed E-state index contributed by atoms with van der Waals surface area (Å²) < 4.78 is 65.3. The summed E-state index contributed by atoms with van der Waals surface area (Å²) in [5.74, 6) is -2.21. The fraction of sp³-hybridized carbons (Fsp3) is 0. The van der Waals surface area contributed by atoms with E-state index in [-0.39, 0.29) is 86.8 Å². The van der Waals surface area contributed by atoms with Gasteiger partial charge in [0.15, 0.2) is 5.75 Å². The van der Waals surface area contributed by atoms with Gasteiger partial charge in [0.2, 0.25) is 0 Å². The van der Waals surface area contributed by atoms with E-state index in [0.29, 0.717) is 0 Å². The van der Waals surface area contributed by atoms with Crippen molar-refractivity contribution in [3.05, 3.63) is 48.0 Å². The molecule has 3 rings (SSSR count). The maximum atomic E-state index is 11.9. The third kappa shape index (κ3) is 6.30. The zero-order valence-corrected chi connectivity index (χ0v) is 16.8. The van der Waals surface area contributed by atoms with Gasteiger partial charge in [-0.25, -0.2) is 4.79 Å². The molecule has 0 radical (unpaired) electrons. The van der Waals surface area contributed by atoms with Crippen LogP contribution in [0.15, 0.2) is 62.5 Å². The van der Waals surface area contributed by atoms with E-state index in [2.05, 4.69) is 10.2 Å². The molecular formula is C17H15N3Na2O9S2. The number of rotatable bonds is 5. The third-order valence-corrected chi connectivity index (χ3v) is 5.82. The number of carboxylic acids is 1. The van der Waals surface area contributed by atoms with Gasteiger partial charge in [0.05, 0.1) is 10.5 Å². The fourth-order valence-corrected chi connectivity index (χ4v) is 3.99. The topological polar surface area (TPSA) is 217 Å². The van der Waals surface area contributed by atoms with Crippen LogP contribution in [0.1, 0.15) is 10.4 Å². The van der Waals surface area contributed by atoms with Crippen LogP contribution in [-0.2, 0) is 20.2 Å². The summed E-state index contributed by atoms with van der Waals surface area (Å²) in [6, 6.07) is 7.78. The molecule has 0 aliphatic rings. The van der Waals surface area contributed by atoms with Crippen molar-refractivity contribution in [2.75, 3.05) is 5.73 Å². The Morgan fingerprint density at radius 3 is 2.06 bits per heavy atom.